The SMILES string of the molecule is O=C1NC[C@H](c2ccccc2)[C@@H]1C(=O)N/N=C\c1ccccc1/C=N\NC(=O)[C@@H]1C(=O)NC[C@@H]1c1ccccc1. The molecular formula is C30H28N6O4. The summed E-state index contributed by atoms with van der Waals surface area (Å²) < 4.78 is 0. The Kier molecular flexibility index (Phi) is 8.05. The Labute approximate surface area is 230 Å². The number of rotatable bonds is 8. The smallest absolute Gasteiger partial charge is 0.253 e. The number of carbonyl (C=O) groups excluding carboxylic acids is 4. The van der Waals surface area contributed by atoms with Gasteiger partial charge in [-0.1, -0.05) is 84.9 Å². The van der Waals surface area contributed by atoms with Crippen LogP contribution in [-0.4, -0.2) is 49.1 Å². The Balaban J connectivity index is 1.22. The molecule has 0 saturated carbocycles. The predicted octanol–water partition coefficient (Wildman–Crippen LogP) is 1.65. The second-order valence-electron chi connectivity index (χ2n) is 9.58. The van der Waals surface area contributed by atoms with Crippen LogP contribution < -0.4 is 21.5 Å². The van der Waals surface area contributed by atoms with E-state index in [1.807, 2.05) is 60.7 Å². The minimum atomic E-state index is -0.890. The van der Waals surface area contributed by atoms with Gasteiger partial charge in [0.1, 0.15) is 11.8 Å². The van der Waals surface area contributed by atoms with Gasteiger partial charge in [-0.3, -0.25) is 19.2 Å². The normalized spacial score (nSPS) is 22.3. The van der Waals surface area contributed by atoms with E-state index in [4.69, 9.17) is 0 Å². The first-order valence-corrected chi connectivity index (χ1v) is 12.9. The number of nitrogens with one attached hydrogen (secondary N) is 4. The fraction of sp³-hybridized carbons (Fsp3) is 0.200. The van der Waals surface area contributed by atoms with Crippen molar-refractivity contribution in [3.8, 4) is 0 Å². The first-order chi connectivity index (χ1) is 19.5. The Bertz CT molecular complexity index is 1350. The van der Waals surface area contributed by atoms with Crippen molar-refractivity contribution < 1.29 is 19.2 Å². The Morgan fingerprint density at radius 3 is 1.40 bits per heavy atom. The van der Waals surface area contributed by atoms with Gasteiger partial charge in [0.15, 0.2) is 0 Å². The Morgan fingerprint density at radius 2 is 1.00 bits per heavy atom. The summed E-state index contributed by atoms with van der Waals surface area (Å²) in [6.45, 7) is 0.758. The van der Waals surface area contributed by atoms with Crippen LogP contribution in [0.25, 0.3) is 0 Å². The van der Waals surface area contributed by atoms with Gasteiger partial charge in [0, 0.05) is 36.1 Å². The van der Waals surface area contributed by atoms with Crippen molar-refractivity contribution in [2.75, 3.05) is 13.1 Å². The van der Waals surface area contributed by atoms with Crippen LogP contribution >= 0.6 is 0 Å². The predicted molar refractivity (Wildman–Crippen MR) is 149 cm³/mol. The van der Waals surface area contributed by atoms with Crippen LogP contribution in [0, 0.1) is 11.8 Å². The Morgan fingerprint density at radius 1 is 0.625 bits per heavy atom. The molecule has 2 aliphatic heterocycles. The highest BCUT2D eigenvalue weighted by atomic mass is 16.2. The molecule has 2 fully saturated rings. The van der Waals surface area contributed by atoms with Crippen LogP contribution in [0.4, 0.5) is 0 Å². The lowest BCUT2D eigenvalue weighted by Gasteiger charge is -2.15. The summed E-state index contributed by atoms with van der Waals surface area (Å²) in [6, 6.07) is 25.9. The second-order valence-corrected chi connectivity index (χ2v) is 9.58. The van der Waals surface area contributed by atoms with Crippen molar-refractivity contribution in [1.82, 2.24) is 21.5 Å². The third kappa shape index (κ3) is 5.80. The van der Waals surface area contributed by atoms with E-state index in [0.29, 0.717) is 24.2 Å². The van der Waals surface area contributed by atoms with E-state index in [1.54, 1.807) is 24.3 Å². The molecule has 0 aliphatic carbocycles. The van der Waals surface area contributed by atoms with Gasteiger partial charge in [0.05, 0.1) is 12.4 Å². The number of carbonyl (C=O) groups is 4. The Hall–Kier alpha value is -5.12. The van der Waals surface area contributed by atoms with Crippen molar-refractivity contribution in [1.29, 1.82) is 0 Å². The van der Waals surface area contributed by atoms with Gasteiger partial charge in [0.2, 0.25) is 11.8 Å². The standard InChI is InChI=1S/C30H28N6O4/c37-27-25(23(17-31-27)19-9-3-1-4-10-19)29(39)35-33-15-21-13-7-8-14-22(21)16-34-36-30(40)26-24(18-32-28(26)38)20-11-5-2-6-12-20/h1-16,23-26H,17-18H2,(H,31,37)(H,32,38)(H,35,39)(H,36,40)/b33-15-,34-16-/t23-,24-,25+,26+/m1/s1. The first-order valence-electron chi connectivity index (χ1n) is 12.9. The largest absolute Gasteiger partial charge is 0.355 e. The molecule has 4 atom stereocenters. The van der Waals surface area contributed by atoms with Crippen molar-refractivity contribution in [2.24, 2.45) is 22.0 Å². The summed E-state index contributed by atoms with van der Waals surface area (Å²) in [7, 11) is 0. The van der Waals surface area contributed by atoms with E-state index in [1.165, 1.54) is 12.4 Å². The zero-order chi connectivity index (χ0) is 27.9. The van der Waals surface area contributed by atoms with Gasteiger partial charge in [0.25, 0.3) is 11.8 Å². The fourth-order valence-corrected chi connectivity index (χ4v) is 5.08. The zero-order valence-electron chi connectivity index (χ0n) is 21.5. The molecule has 3 aromatic rings. The molecule has 4 amide bonds. The molecule has 10 heteroatoms. The van der Waals surface area contributed by atoms with Gasteiger partial charge < -0.3 is 10.6 Å². The van der Waals surface area contributed by atoms with Crippen LogP contribution in [0.5, 0.6) is 0 Å². The highest BCUT2D eigenvalue weighted by Gasteiger charge is 2.42. The maximum atomic E-state index is 12.9. The molecule has 2 saturated heterocycles. The van der Waals surface area contributed by atoms with Crippen molar-refractivity contribution in [3.63, 3.8) is 0 Å². The molecule has 5 rings (SSSR count). The van der Waals surface area contributed by atoms with Gasteiger partial charge in [-0.2, -0.15) is 10.2 Å². The molecule has 3 aromatic carbocycles. The van der Waals surface area contributed by atoms with Crippen LogP contribution in [0.15, 0.2) is 95.1 Å². The lowest BCUT2D eigenvalue weighted by Crippen LogP contribution is -2.34. The van der Waals surface area contributed by atoms with E-state index < -0.39 is 23.7 Å². The monoisotopic (exact) mass is 536 g/mol. The molecule has 0 unspecified atom stereocenters. The van der Waals surface area contributed by atoms with Gasteiger partial charge in [-0.15, -0.1) is 0 Å². The number of nitrogens with zero attached hydrogens (tertiary/aromatic N) is 2. The van der Waals surface area contributed by atoms with E-state index >= 15 is 0 Å². The molecule has 10 nitrogen and oxygen atoms in total. The second kappa shape index (κ2) is 12.2. The number of benzene rings is 3. The molecular weight excluding hydrogens is 508 g/mol. The summed E-state index contributed by atoms with van der Waals surface area (Å²) in [5.74, 6) is -4.02. The molecule has 2 aliphatic rings. The highest BCUT2D eigenvalue weighted by molar-refractivity contribution is 6.04. The molecule has 202 valence electrons. The maximum absolute atomic E-state index is 12.9. The molecule has 2 heterocycles. The van der Waals surface area contributed by atoms with Crippen LogP contribution in [0.3, 0.4) is 0 Å². The minimum Gasteiger partial charge on any atom is -0.355 e. The van der Waals surface area contributed by atoms with E-state index in [0.717, 1.165) is 11.1 Å². The molecule has 0 radical (unpaired) electrons. The summed E-state index contributed by atoms with van der Waals surface area (Å²) in [4.78, 5) is 50.5. The lowest BCUT2D eigenvalue weighted by atomic mass is 9.88. The summed E-state index contributed by atoms with van der Waals surface area (Å²) in [5, 5.41) is 13.6. The number of hydrazone groups is 2. The van der Waals surface area contributed by atoms with E-state index in [2.05, 4.69) is 31.7 Å². The number of hydrogen-bond donors (Lipinski definition) is 4. The third-order valence-corrected chi connectivity index (χ3v) is 7.14. The topological polar surface area (TPSA) is 141 Å². The van der Waals surface area contributed by atoms with Crippen molar-refractivity contribution in [2.45, 2.75) is 11.8 Å². The lowest BCUT2D eigenvalue weighted by molar-refractivity contribution is -0.135. The van der Waals surface area contributed by atoms with Gasteiger partial charge in [-0.05, 0) is 11.1 Å². The van der Waals surface area contributed by atoms with Crippen LogP contribution in [0.2, 0.25) is 0 Å². The zero-order valence-corrected chi connectivity index (χ0v) is 21.5. The highest BCUT2D eigenvalue weighted by Crippen LogP contribution is 2.30. The summed E-state index contributed by atoms with van der Waals surface area (Å²) in [6.07, 6.45) is 2.89. The first kappa shape index (κ1) is 26.5. The third-order valence-electron chi connectivity index (χ3n) is 7.14. The van der Waals surface area contributed by atoms with Crippen LogP contribution in [-0.2, 0) is 19.2 Å². The van der Waals surface area contributed by atoms with Gasteiger partial charge >= 0.3 is 0 Å². The molecule has 4 N–H and O–H groups in total. The van der Waals surface area contributed by atoms with Crippen molar-refractivity contribution in [3.05, 3.63) is 107 Å². The summed E-state index contributed by atoms with van der Waals surface area (Å²) >= 11 is 0. The molecule has 0 aromatic heterocycles. The number of hydrogen-bond acceptors (Lipinski definition) is 6. The maximum Gasteiger partial charge on any atom is 0.253 e. The van der Waals surface area contributed by atoms with E-state index in [9.17, 15) is 19.2 Å². The average molecular weight is 537 g/mol. The van der Waals surface area contributed by atoms with Crippen LogP contribution in [0.1, 0.15) is 34.1 Å². The molecule has 40 heavy (non-hydrogen) atoms. The van der Waals surface area contributed by atoms with Gasteiger partial charge in [-0.25, -0.2) is 10.9 Å². The summed E-state index contributed by atoms with van der Waals surface area (Å²) in [5.41, 5.74) is 8.00. The quantitative estimate of drug-likeness (QED) is 0.197. The van der Waals surface area contributed by atoms with Crippen molar-refractivity contribution >= 4 is 36.1 Å². The fourth-order valence-electron chi connectivity index (χ4n) is 5.08. The molecule has 0 spiro atoms. The average Bonchev–Trinajstić information content (AvgIpc) is 3.57. The minimum absolute atomic E-state index is 0.282. The molecule has 0 bridgehead atoms. The van der Waals surface area contributed by atoms with E-state index in [-0.39, 0.29) is 23.7 Å². The number of amides is 4.